The maximum Gasteiger partial charge on any atom is 0.418 e. The first-order valence-electron chi connectivity index (χ1n) is 7.63. The third-order valence-corrected chi connectivity index (χ3v) is 4.53. The molecule has 4 nitrogen and oxygen atoms in total. The number of aliphatic hydroxyl groups is 1. The highest BCUT2D eigenvalue weighted by Crippen LogP contribution is 2.36. The lowest BCUT2D eigenvalue weighted by Crippen LogP contribution is -2.22. The maximum absolute atomic E-state index is 13.8. The molecule has 2 aromatic carbocycles. The van der Waals surface area contributed by atoms with Crippen LogP contribution in [0.1, 0.15) is 22.2 Å². The average Bonchev–Trinajstić information content (AvgIpc) is 3.11. The largest absolute Gasteiger partial charge is 0.418 e. The Morgan fingerprint density at radius 3 is 2.48 bits per heavy atom. The van der Waals surface area contributed by atoms with Gasteiger partial charge in [0.15, 0.2) is 6.10 Å². The summed E-state index contributed by atoms with van der Waals surface area (Å²) >= 11 is 1.03. The molecule has 1 amide bonds. The highest BCUT2D eigenvalue weighted by Gasteiger charge is 2.40. The van der Waals surface area contributed by atoms with Crippen LogP contribution >= 0.6 is 11.3 Å². The molecule has 0 aliphatic heterocycles. The molecule has 1 unspecified atom stereocenters. The van der Waals surface area contributed by atoms with Crippen LogP contribution in [0, 0.1) is 5.82 Å². The minimum atomic E-state index is -4.88. The number of hydrogen-bond acceptors (Lipinski definition) is 4. The standard InChI is InChI=1S/C18H12F4N2O2S/c19-12-7-3-1-5-10(12)17-24-14(9-27-17)16(26)23-13-8-4-2-6-11(13)15(25)18(20,21)22/h1-9,15,25H,(H,23,26). The summed E-state index contributed by atoms with van der Waals surface area (Å²) in [6.07, 6.45) is -7.61. The summed E-state index contributed by atoms with van der Waals surface area (Å²) in [6, 6.07) is 11.0. The van der Waals surface area contributed by atoms with E-state index in [2.05, 4.69) is 10.3 Å². The Morgan fingerprint density at radius 2 is 1.78 bits per heavy atom. The van der Waals surface area contributed by atoms with Gasteiger partial charge in [-0.05, 0) is 18.2 Å². The van der Waals surface area contributed by atoms with Gasteiger partial charge < -0.3 is 10.4 Å². The first kappa shape index (κ1) is 19.0. The summed E-state index contributed by atoms with van der Waals surface area (Å²) in [7, 11) is 0. The van der Waals surface area contributed by atoms with Crippen molar-refractivity contribution in [3.8, 4) is 10.6 Å². The molecule has 0 saturated carbocycles. The van der Waals surface area contributed by atoms with Crippen LogP contribution in [0.4, 0.5) is 23.2 Å². The van der Waals surface area contributed by atoms with E-state index in [0.717, 1.165) is 17.4 Å². The number of hydrogen-bond donors (Lipinski definition) is 2. The quantitative estimate of drug-likeness (QED) is 0.623. The van der Waals surface area contributed by atoms with Gasteiger partial charge in [0.1, 0.15) is 16.5 Å². The predicted molar refractivity (Wildman–Crippen MR) is 92.9 cm³/mol. The predicted octanol–water partition coefficient (Wildman–Crippen LogP) is 4.80. The van der Waals surface area contributed by atoms with Crippen molar-refractivity contribution in [1.82, 2.24) is 4.98 Å². The third kappa shape index (κ3) is 4.15. The van der Waals surface area contributed by atoms with E-state index in [-0.39, 0.29) is 22.0 Å². The Kier molecular flexibility index (Phi) is 5.24. The van der Waals surface area contributed by atoms with Crippen LogP contribution in [0.5, 0.6) is 0 Å². The summed E-state index contributed by atoms with van der Waals surface area (Å²) in [5.41, 5.74) is -0.528. The second kappa shape index (κ2) is 7.45. The molecule has 3 aromatic rings. The van der Waals surface area contributed by atoms with Gasteiger partial charge >= 0.3 is 6.18 Å². The van der Waals surface area contributed by atoms with Gasteiger partial charge in [0.05, 0.1) is 0 Å². The lowest BCUT2D eigenvalue weighted by atomic mass is 10.1. The van der Waals surface area contributed by atoms with Crippen LogP contribution in [0.3, 0.4) is 0 Å². The van der Waals surface area contributed by atoms with Crippen molar-refractivity contribution in [1.29, 1.82) is 0 Å². The number of nitrogens with one attached hydrogen (secondary N) is 1. The molecule has 0 bridgehead atoms. The first-order valence-corrected chi connectivity index (χ1v) is 8.51. The number of amides is 1. The zero-order valence-corrected chi connectivity index (χ0v) is 14.3. The number of thiazole rings is 1. The number of para-hydroxylation sites is 1. The molecule has 0 aliphatic rings. The molecular formula is C18H12F4N2O2S. The van der Waals surface area contributed by atoms with E-state index in [9.17, 15) is 27.5 Å². The molecule has 0 spiro atoms. The number of benzene rings is 2. The second-order valence-electron chi connectivity index (χ2n) is 5.50. The van der Waals surface area contributed by atoms with Crippen molar-refractivity contribution in [2.45, 2.75) is 12.3 Å². The number of alkyl halides is 3. The monoisotopic (exact) mass is 396 g/mol. The summed E-state index contributed by atoms with van der Waals surface area (Å²) in [4.78, 5) is 16.4. The maximum atomic E-state index is 13.8. The van der Waals surface area contributed by atoms with E-state index in [1.165, 1.54) is 41.8 Å². The fourth-order valence-corrected chi connectivity index (χ4v) is 3.17. The molecular weight excluding hydrogens is 384 g/mol. The number of nitrogens with zero attached hydrogens (tertiary/aromatic N) is 1. The van der Waals surface area contributed by atoms with Gasteiger partial charge in [-0.1, -0.05) is 30.3 Å². The Bertz CT molecular complexity index is 972. The van der Waals surface area contributed by atoms with Crippen molar-refractivity contribution in [3.05, 3.63) is 71.0 Å². The number of aliphatic hydroxyl groups excluding tert-OH is 1. The number of carbonyl (C=O) groups is 1. The van der Waals surface area contributed by atoms with Crippen molar-refractivity contribution in [2.24, 2.45) is 0 Å². The molecule has 1 aromatic heterocycles. The Balaban J connectivity index is 1.85. The zero-order valence-electron chi connectivity index (χ0n) is 13.5. The summed E-state index contributed by atoms with van der Waals surface area (Å²) in [5, 5.41) is 13.4. The summed E-state index contributed by atoms with van der Waals surface area (Å²) in [5.74, 6) is -1.27. The fraction of sp³-hybridized carbons (Fsp3) is 0.111. The van der Waals surface area contributed by atoms with Crippen molar-refractivity contribution in [3.63, 3.8) is 0 Å². The number of anilines is 1. The van der Waals surface area contributed by atoms with Crippen LogP contribution in [0.15, 0.2) is 53.9 Å². The number of rotatable bonds is 4. The van der Waals surface area contributed by atoms with Gasteiger partial charge in [0.25, 0.3) is 5.91 Å². The summed E-state index contributed by atoms with van der Waals surface area (Å²) < 4.78 is 52.2. The molecule has 1 atom stereocenters. The average molecular weight is 396 g/mol. The minimum Gasteiger partial charge on any atom is -0.379 e. The van der Waals surface area contributed by atoms with Crippen LogP contribution < -0.4 is 5.32 Å². The topological polar surface area (TPSA) is 62.2 Å². The lowest BCUT2D eigenvalue weighted by molar-refractivity contribution is -0.206. The highest BCUT2D eigenvalue weighted by atomic mass is 32.1. The SMILES string of the molecule is O=C(Nc1ccccc1C(O)C(F)(F)F)c1csc(-c2ccccc2F)n1. The van der Waals surface area contributed by atoms with Gasteiger partial charge in [-0.3, -0.25) is 4.79 Å². The van der Waals surface area contributed by atoms with Gasteiger partial charge in [-0.15, -0.1) is 11.3 Å². The van der Waals surface area contributed by atoms with Crippen LogP contribution in [0.2, 0.25) is 0 Å². The van der Waals surface area contributed by atoms with Crippen molar-refractivity contribution in [2.75, 3.05) is 5.32 Å². The van der Waals surface area contributed by atoms with Gasteiger partial charge in [0, 0.05) is 22.2 Å². The molecule has 1 heterocycles. The number of aromatic nitrogens is 1. The molecule has 9 heteroatoms. The van der Waals surface area contributed by atoms with Crippen LogP contribution in [-0.2, 0) is 0 Å². The number of carbonyl (C=O) groups excluding carboxylic acids is 1. The molecule has 27 heavy (non-hydrogen) atoms. The van der Waals surface area contributed by atoms with Gasteiger partial charge in [-0.25, -0.2) is 9.37 Å². The normalized spacial score (nSPS) is 12.6. The Hall–Kier alpha value is -2.78. The van der Waals surface area contributed by atoms with E-state index in [0.29, 0.717) is 0 Å². The van der Waals surface area contributed by atoms with Crippen molar-refractivity contribution >= 4 is 22.9 Å². The smallest absolute Gasteiger partial charge is 0.379 e. The van der Waals surface area contributed by atoms with Gasteiger partial charge in [0.2, 0.25) is 0 Å². The van der Waals surface area contributed by atoms with E-state index in [4.69, 9.17) is 0 Å². The van der Waals surface area contributed by atoms with E-state index in [1.54, 1.807) is 6.07 Å². The number of halogens is 4. The first-order chi connectivity index (χ1) is 12.8. The molecule has 0 radical (unpaired) electrons. The summed E-state index contributed by atoms with van der Waals surface area (Å²) in [6.45, 7) is 0. The molecule has 0 fully saturated rings. The Morgan fingerprint density at radius 1 is 1.11 bits per heavy atom. The Labute approximate surface area is 155 Å². The van der Waals surface area contributed by atoms with Gasteiger partial charge in [-0.2, -0.15) is 13.2 Å². The minimum absolute atomic E-state index is 0.0745. The van der Waals surface area contributed by atoms with Crippen LogP contribution in [0.25, 0.3) is 10.6 Å². The van der Waals surface area contributed by atoms with E-state index in [1.807, 2.05) is 0 Å². The highest BCUT2D eigenvalue weighted by molar-refractivity contribution is 7.13. The van der Waals surface area contributed by atoms with Crippen LogP contribution in [-0.4, -0.2) is 22.2 Å². The van der Waals surface area contributed by atoms with Crippen molar-refractivity contribution < 1.29 is 27.5 Å². The second-order valence-corrected chi connectivity index (χ2v) is 6.36. The van der Waals surface area contributed by atoms with E-state index < -0.39 is 29.6 Å². The molecule has 140 valence electrons. The fourth-order valence-electron chi connectivity index (χ4n) is 2.35. The zero-order chi connectivity index (χ0) is 19.6. The molecule has 2 N–H and O–H groups in total. The third-order valence-electron chi connectivity index (χ3n) is 3.65. The lowest BCUT2D eigenvalue weighted by Gasteiger charge is -2.18. The molecule has 0 saturated heterocycles. The van der Waals surface area contributed by atoms with E-state index >= 15 is 0 Å². The molecule has 0 aliphatic carbocycles. The molecule has 3 rings (SSSR count).